The Balaban J connectivity index is 2.06. The molecule has 0 aromatic heterocycles. The van der Waals surface area contributed by atoms with Crippen molar-refractivity contribution in [3.63, 3.8) is 0 Å². The zero-order valence-electron chi connectivity index (χ0n) is 11.8. The first kappa shape index (κ1) is 16.1. The number of ether oxygens (including phenoxy) is 1. The molecule has 1 saturated carbocycles. The maximum atomic E-state index is 12.6. The van der Waals surface area contributed by atoms with Gasteiger partial charge in [0.25, 0.3) is 0 Å². The van der Waals surface area contributed by atoms with Crippen LogP contribution in [0.2, 0.25) is 0 Å². The van der Waals surface area contributed by atoms with Gasteiger partial charge in [0.2, 0.25) is 11.8 Å². The van der Waals surface area contributed by atoms with E-state index in [1.165, 1.54) is 11.8 Å². The summed E-state index contributed by atoms with van der Waals surface area (Å²) in [6, 6.07) is -0.776. The molecule has 2 rings (SSSR count). The molecule has 2 amide bonds. The molecular formula is C13H19F3N2O3. The van der Waals surface area contributed by atoms with Crippen LogP contribution < -0.4 is 5.32 Å². The molecule has 0 bridgehead atoms. The van der Waals surface area contributed by atoms with E-state index in [2.05, 4.69) is 10.1 Å². The molecule has 5 nitrogen and oxygen atoms in total. The molecule has 1 N–H and O–H groups in total. The highest BCUT2D eigenvalue weighted by molar-refractivity contribution is 5.99. The minimum Gasteiger partial charge on any atom is -0.340 e. The maximum absolute atomic E-state index is 12.6. The Labute approximate surface area is 120 Å². The summed E-state index contributed by atoms with van der Waals surface area (Å²) < 4.78 is 39.8. The normalized spacial score (nSPS) is 26.1. The molecule has 2 aliphatic rings. The number of hydrogen-bond donors (Lipinski definition) is 1. The van der Waals surface area contributed by atoms with Crippen LogP contribution in [0, 0.1) is 0 Å². The van der Waals surface area contributed by atoms with E-state index in [0.29, 0.717) is 12.8 Å². The number of rotatable bonds is 3. The fourth-order valence-electron chi connectivity index (χ4n) is 3.04. The average molecular weight is 308 g/mol. The van der Waals surface area contributed by atoms with E-state index in [1.54, 1.807) is 0 Å². The van der Waals surface area contributed by atoms with Gasteiger partial charge in [-0.1, -0.05) is 19.3 Å². The summed E-state index contributed by atoms with van der Waals surface area (Å²) in [7, 11) is 0. The van der Waals surface area contributed by atoms with Crippen molar-refractivity contribution in [2.45, 2.75) is 57.0 Å². The van der Waals surface area contributed by atoms with E-state index in [0.717, 1.165) is 19.3 Å². The molecular weight excluding hydrogens is 289 g/mol. The van der Waals surface area contributed by atoms with Crippen LogP contribution in [0.5, 0.6) is 0 Å². The van der Waals surface area contributed by atoms with Gasteiger partial charge in [0.1, 0.15) is 11.6 Å². The second-order valence-electron chi connectivity index (χ2n) is 5.60. The lowest BCUT2D eigenvalue weighted by Crippen LogP contribution is -2.70. The van der Waals surface area contributed by atoms with Gasteiger partial charge < -0.3 is 10.2 Å². The predicted octanol–water partition coefficient (Wildman–Crippen LogP) is 1.57. The molecule has 8 heteroatoms. The fourth-order valence-corrected chi connectivity index (χ4v) is 3.04. The van der Waals surface area contributed by atoms with Crippen molar-refractivity contribution in [1.82, 2.24) is 10.2 Å². The molecule has 1 aliphatic carbocycles. The van der Waals surface area contributed by atoms with E-state index >= 15 is 0 Å². The van der Waals surface area contributed by atoms with Gasteiger partial charge in [0.15, 0.2) is 0 Å². The van der Waals surface area contributed by atoms with Crippen molar-refractivity contribution >= 4 is 11.8 Å². The van der Waals surface area contributed by atoms with Crippen LogP contribution in [-0.4, -0.2) is 47.8 Å². The number of hydrogen-bond acceptors (Lipinski definition) is 3. The number of carbonyl (C=O) groups excluding carboxylic acids is 2. The van der Waals surface area contributed by atoms with Gasteiger partial charge in [0, 0.05) is 6.54 Å². The summed E-state index contributed by atoms with van der Waals surface area (Å²) in [5.74, 6) is -0.608. The van der Waals surface area contributed by atoms with Crippen LogP contribution in [0.3, 0.4) is 0 Å². The van der Waals surface area contributed by atoms with Crippen LogP contribution in [0.4, 0.5) is 13.2 Å². The summed E-state index contributed by atoms with van der Waals surface area (Å²) in [6.45, 7) is 0.605. The van der Waals surface area contributed by atoms with Crippen LogP contribution >= 0.6 is 0 Å². The number of nitrogens with one attached hydrogen (secondary N) is 1. The van der Waals surface area contributed by atoms with E-state index in [4.69, 9.17) is 0 Å². The summed E-state index contributed by atoms with van der Waals surface area (Å²) in [5, 5.41) is 2.77. The number of amides is 2. The van der Waals surface area contributed by atoms with Gasteiger partial charge in [-0.3, -0.25) is 14.3 Å². The molecule has 0 aromatic carbocycles. The molecule has 1 saturated heterocycles. The molecule has 1 aliphatic heterocycles. The molecule has 21 heavy (non-hydrogen) atoms. The van der Waals surface area contributed by atoms with Crippen LogP contribution in [0.15, 0.2) is 0 Å². The Morgan fingerprint density at radius 2 is 1.90 bits per heavy atom. The summed E-state index contributed by atoms with van der Waals surface area (Å²) in [5.41, 5.74) is -0.930. The van der Waals surface area contributed by atoms with E-state index < -0.39 is 24.6 Å². The highest BCUT2D eigenvalue weighted by Gasteiger charge is 2.49. The maximum Gasteiger partial charge on any atom is 0.522 e. The third-order valence-corrected chi connectivity index (χ3v) is 4.18. The predicted molar refractivity (Wildman–Crippen MR) is 67.1 cm³/mol. The molecule has 1 heterocycles. The molecule has 0 radical (unpaired) electrons. The Kier molecular flexibility index (Phi) is 4.46. The van der Waals surface area contributed by atoms with Crippen molar-refractivity contribution in [1.29, 1.82) is 0 Å². The molecule has 120 valence electrons. The lowest BCUT2D eigenvalue weighted by Gasteiger charge is -2.46. The van der Waals surface area contributed by atoms with Crippen molar-refractivity contribution < 1.29 is 27.5 Å². The summed E-state index contributed by atoms with van der Waals surface area (Å²) in [4.78, 5) is 25.8. The van der Waals surface area contributed by atoms with Crippen molar-refractivity contribution in [2.75, 3.05) is 13.2 Å². The second kappa shape index (κ2) is 5.82. The first-order chi connectivity index (χ1) is 9.75. The standard InChI is InChI=1S/C13H19F3N2O3/c1-9-10(19)17-12(5-3-2-4-6-12)11(20)18(9)7-8-21-13(14,15)16/h9H,2-8H2,1H3,(H,17,19). The second-order valence-corrected chi connectivity index (χ2v) is 5.60. The van der Waals surface area contributed by atoms with E-state index in [1.807, 2.05) is 0 Å². The van der Waals surface area contributed by atoms with Gasteiger partial charge in [-0.25, -0.2) is 0 Å². The van der Waals surface area contributed by atoms with E-state index in [-0.39, 0.29) is 18.4 Å². The Morgan fingerprint density at radius 3 is 2.48 bits per heavy atom. The fraction of sp³-hybridized carbons (Fsp3) is 0.846. The lowest BCUT2D eigenvalue weighted by molar-refractivity contribution is -0.325. The van der Waals surface area contributed by atoms with Gasteiger partial charge >= 0.3 is 6.36 Å². The van der Waals surface area contributed by atoms with E-state index in [9.17, 15) is 22.8 Å². The molecule has 0 aromatic rings. The molecule has 1 unspecified atom stereocenters. The minimum atomic E-state index is -4.73. The van der Waals surface area contributed by atoms with Crippen molar-refractivity contribution in [3.8, 4) is 0 Å². The quantitative estimate of drug-likeness (QED) is 0.861. The largest absolute Gasteiger partial charge is 0.522 e. The van der Waals surface area contributed by atoms with Gasteiger partial charge in [-0.05, 0) is 19.8 Å². The van der Waals surface area contributed by atoms with Crippen molar-refractivity contribution in [3.05, 3.63) is 0 Å². The Morgan fingerprint density at radius 1 is 1.29 bits per heavy atom. The number of piperazine rings is 1. The first-order valence-corrected chi connectivity index (χ1v) is 7.09. The SMILES string of the molecule is CC1C(=O)NC2(CCCCC2)C(=O)N1CCOC(F)(F)F. The lowest BCUT2D eigenvalue weighted by atomic mass is 9.78. The highest BCUT2D eigenvalue weighted by atomic mass is 19.4. The smallest absolute Gasteiger partial charge is 0.340 e. The minimum absolute atomic E-state index is 0.241. The monoisotopic (exact) mass is 308 g/mol. The van der Waals surface area contributed by atoms with Crippen molar-refractivity contribution in [2.24, 2.45) is 0 Å². The molecule has 1 spiro atoms. The van der Waals surface area contributed by atoms with Crippen LogP contribution in [0.1, 0.15) is 39.0 Å². The van der Waals surface area contributed by atoms with Gasteiger partial charge in [0.05, 0.1) is 6.61 Å². The van der Waals surface area contributed by atoms with Gasteiger partial charge in [-0.15, -0.1) is 13.2 Å². The zero-order chi connectivity index (χ0) is 15.7. The first-order valence-electron chi connectivity index (χ1n) is 7.09. The number of alkyl halides is 3. The molecule has 2 fully saturated rings. The summed E-state index contributed by atoms with van der Waals surface area (Å²) in [6.07, 6.45) is -0.993. The number of carbonyl (C=O) groups is 2. The van der Waals surface area contributed by atoms with Gasteiger partial charge in [-0.2, -0.15) is 0 Å². The topological polar surface area (TPSA) is 58.6 Å². The Hall–Kier alpha value is -1.31. The number of nitrogens with zero attached hydrogens (tertiary/aromatic N) is 1. The third-order valence-electron chi connectivity index (χ3n) is 4.18. The molecule has 1 atom stereocenters. The third kappa shape index (κ3) is 3.48. The highest BCUT2D eigenvalue weighted by Crippen LogP contribution is 2.33. The Bertz CT molecular complexity index is 419. The zero-order valence-corrected chi connectivity index (χ0v) is 11.8. The average Bonchev–Trinajstić information content (AvgIpc) is 2.40. The van der Waals surface area contributed by atoms with Crippen LogP contribution in [0.25, 0.3) is 0 Å². The number of halogens is 3. The summed E-state index contributed by atoms with van der Waals surface area (Å²) >= 11 is 0. The van der Waals surface area contributed by atoms with Crippen LogP contribution in [-0.2, 0) is 14.3 Å².